The van der Waals surface area contributed by atoms with Gasteiger partial charge in [0.05, 0.1) is 11.4 Å². The number of nitrogens with zero attached hydrogens (tertiary/aromatic N) is 4. The highest BCUT2D eigenvalue weighted by Crippen LogP contribution is 2.30. The van der Waals surface area contributed by atoms with Gasteiger partial charge in [0.2, 0.25) is 0 Å². The van der Waals surface area contributed by atoms with E-state index in [9.17, 15) is 4.79 Å². The van der Waals surface area contributed by atoms with Crippen molar-refractivity contribution in [3.05, 3.63) is 63.7 Å². The highest BCUT2D eigenvalue weighted by atomic mass is 32.1. The van der Waals surface area contributed by atoms with Crippen LogP contribution in [0, 0.1) is 20.8 Å². The van der Waals surface area contributed by atoms with Crippen molar-refractivity contribution >= 4 is 33.7 Å². The maximum absolute atomic E-state index is 12.7. The molecule has 0 fully saturated rings. The van der Waals surface area contributed by atoms with Gasteiger partial charge in [-0.2, -0.15) is 0 Å². The van der Waals surface area contributed by atoms with Gasteiger partial charge in [0.1, 0.15) is 4.88 Å². The molecule has 0 aliphatic heterocycles. The third kappa shape index (κ3) is 3.69. The van der Waals surface area contributed by atoms with E-state index < -0.39 is 0 Å². The number of nitrogens with one attached hydrogen (secondary N) is 1. The van der Waals surface area contributed by atoms with Gasteiger partial charge in [-0.15, -0.1) is 22.7 Å². The molecule has 0 bridgehead atoms. The van der Waals surface area contributed by atoms with Crippen LogP contribution in [-0.4, -0.2) is 25.8 Å². The lowest BCUT2D eigenvalue weighted by atomic mass is 10.0. The first-order chi connectivity index (χ1) is 13.5. The summed E-state index contributed by atoms with van der Waals surface area (Å²) in [4.78, 5) is 30.6. The van der Waals surface area contributed by atoms with E-state index in [1.807, 2.05) is 5.38 Å². The van der Waals surface area contributed by atoms with Gasteiger partial charge in [-0.05, 0) is 32.4 Å². The Balaban J connectivity index is 1.55. The topological polar surface area (TPSA) is 80.7 Å². The number of aryl methyl sites for hydroxylation is 3. The van der Waals surface area contributed by atoms with Crippen LogP contribution in [0.3, 0.4) is 0 Å². The monoisotopic (exact) mass is 407 g/mol. The van der Waals surface area contributed by atoms with Crippen molar-refractivity contribution in [2.75, 3.05) is 5.32 Å². The Morgan fingerprint density at radius 2 is 1.86 bits per heavy atom. The SMILES string of the molecule is Cc1ccc(-c2csc(NC(=O)c3sc(-c4ncccn4)nc3C)n2)c(C)c1. The van der Waals surface area contributed by atoms with Gasteiger partial charge in [-0.25, -0.2) is 19.9 Å². The summed E-state index contributed by atoms with van der Waals surface area (Å²) in [6.45, 7) is 5.93. The van der Waals surface area contributed by atoms with E-state index in [0.29, 0.717) is 26.5 Å². The standard InChI is InChI=1S/C20H17N5OS2/c1-11-5-6-14(12(2)9-11)15-10-27-20(24-15)25-18(26)16-13(3)23-19(28-16)17-21-7-4-8-22-17/h4-10H,1-3H3,(H,24,25,26). The van der Waals surface area contributed by atoms with Gasteiger partial charge in [0, 0.05) is 23.3 Å². The Kier molecular flexibility index (Phi) is 4.97. The molecule has 6 nitrogen and oxygen atoms in total. The summed E-state index contributed by atoms with van der Waals surface area (Å²) in [5, 5.41) is 6.02. The third-order valence-corrected chi connectivity index (χ3v) is 6.05. The number of anilines is 1. The molecular formula is C20H17N5OS2. The van der Waals surface area contributed by atoms with Crippen molar-refractivity contribution in [3.8, 4) is 22.1 Å². The fourth-order valence-corrected chi connectivity index (χ4v) is 4.44. The van der Waals surface area contributed by atoms with Crippen molar-refractivity contribution in [3.63, 3.8) is 0 Å². The largest absolute Gasteiger partial charge is 0.297 e. The molecule has 1 amide bonds. The molecule has 0 unspecified atom stereocenters. The van der Waals surface area contributed by atoms with E-state index in [0.717, 1.165) is 16.8 Å². The summed E-state index contributed by atoms with van der Waals surface area (Å²) in [5.41, 5.74) is 4.95. The van der Waals surface area contributed by atoms with Gasteiger partial charge < -0.3 is 0 Å². The van der Waals surface area contributed by atoms with Gasteiger partial charge in [0.25, 0.3) is 5.91 Å². The summed E-state index contributed by atoms with van der Waals surface area (Å²) in [6.07, 6.45) is 3.31. The van der Waals surface area contributed by atoms with E-state index >= 15 is 0 Å². The van der Waals surface area contributed by atoms with Crippen molar-refractivity contribution in [1.29, 1.82) is 0 Å². The average molecular weight is 408 g/mol. The predicted molar refractivity (Wildman–Crippen MR) is 113 cm³/mol. The highest BCUT2D eigenvalue weighted by Gasteiger charge is 2.19. The minimum Gasteiger partial charge on any atom is -0.297 e. The van der Waals surface area contributed by atoms with Crippen molar-refractivity contribution in [2.45, 2.75) is 20.8 Å². The van der Waals surface area contributed by atoms with E-state index in [2.05, 4.69) is 57.3 Å². The summed E-state index contributed by atoms with van der Waals surface area (Å²) in [5.74, 6) is 0.291. The molecule has 4 rings (SSSR count). The van der Waals surface area contributed by atoms with Crippen LogP contribution in [0.2, 0.25) is 0 Å². The minimum atomic E-state index is -0.223. The van der Waals surface area contributed by atoms with E-state index in [4.69, 9.17) is 0 Å². The molecule has 3 heterocycles. The van der Waals surface area contributed by atoms with Crippen LogP contribution in [0.25, 0.3) is 22.1 Å². The van der Waals surface area contributed by atoms with Crippen LogP contribution in [0.5, 0.6) is 0 Å². The number of hydrogen-bond acceptors (Lipinski definition) is 7. The summed E-state index contributed by atoms with van der Waals surface area (Å²) in [7, 11) is 0. The summed E-state index contributed by atoms with van der Waals surface area (Å²) >= 11 is 2.68. The van der Waals surface area contributed by atoms with Gasteiger partial charge in [-0.3, -0.25) is 10.1 Å². The quantitative estimate of drug-likeness (QED) is 0.520. The predicted octanol–water partition coefficient (Wildman–Crippen LogP) is 4.90. The first-order valence-electron chi connectivity index (χ1n) is 8.60. The second-order valence-corrected chi connectivity index (χ2v) is 8.17. The Morgan fingerprint density at radius 3 is 2.61 bits per heavy atom. The zero-order valence-corrected chi connectivity index (χ0v) is 17.2. The average Bonchev–Trinajstić information content (AvgIpc) is 3.29. The molecule has 0 aliphatic carbocycles. The normalized spacial score (nSPS) is 10.8. The zero-order chi connectivity index (χ0) is 19.7. The number of amides is 1. The first-order valence-corrected chi connectivity index (χ1v) is 10.3. The number of thiazole rings is 2. The lowest BCUT2D eigenvalue weighted by Crippen LogP contribution is -2.11. The molecule has 8 heteroatoms. The van der Waals surface area contributed by atoms with Crippen LogP contribution >= 0.6 is 22.7 Å². The van der Waals surface area contributed by atoms with E-state index in [-0.39, 0.29) is 5.91 Å². The maximum atomic E-state index is 12.7. The lowest BCUT2D eigenvalue weighted by molar-refractivity contribution is 0.103. The third-order valence-electron chi connectivity index (χ3n) is 4.14. The van der Waals surface area contributed by atoms with Crippen molar-refractivity contribution in [1.82, 2.24) is 19.9 Å². The molecule has 0 saturated carbocycles. The van der Waals surface area contributed by atoms with Crippen LogP contribution in [0.1, 0.15) is 26.5 Å². The minimum absolute atomic E-state index is 0.223. The van der Waals surface area contributed by atoms with Crippen LogP contribution in [0.15, 0.2) is 42.0 Å². The van der Waals surface area contributed by atoms with Gasteiger partial charge in [-0.1, -0.05) is 23.8 Å². The molecule has 0 saturated heterocycles. The van der Waals surface area contributed by atoms with E-state index in [1.54, 1.807) is 25.4 Å². The molecule has 0 atom stereocenters. The lowest BCUT2D eigenvalue weighted by Gasteiger charge is -2.03. The Hall–Kier alpha value is -2.97. The molecule has 0 radical (unpaired) electrons. The first kappa shape index (κ1) is 18.4. The smallest absolute Gasteiger partial charge is 0.269 e. The second-order valence-electron chi connectivity index (χ2n) is 6.32. The number of carbonyl (C=O) groups excluding carboxylic acids is 1. The number of hydrogen-bond donors (Lipinski definition) is 1. The molecule has 140 valence electrons. The maximum Gasteiger partial charge on any atom is 0.269 e. The Bertz CT molecular complexity index is 1150. The molecule has 0 spiro atoms. The number of carbonyl (C=O) groups is 1. The number of rotatable bonds is 4. The molecule has 4 aromatic rings. The molecule has 3 aromatic heterocycles. The molecule has 28 heavy (non-hydrogen) atoms. The number of aromatic nitrogens is 4. The fraction of sp³-hybridized carbons (Fsp3) is 0.150. The number of benzene rings is 1. The molecular weight excluding hydrogens is 390 g/mol. The molecule has 1 aromatic carbocycles. The van der Waals surface area contributed by atoms with Crippen molar-refractivity contribution < 1.29 is 4.79 Å². The zero-order valence-electron chi connectivity index (χ0n) is 15.6. The Morgan fingerprint density at radius 1 is 1.07 bits per heavy atom. The van der Waals surface area contributed by atoms with Crippen LogP contribution < -0.4 is 5.32 Å². The highest BCUT2D eigenvalue weighted by molar-refractivity contribution is 7.17. The summed E-state index contributed by atoms with van der Waals surface area (Å²) < 4.78 is 0. The Labute approximate surface area is 170 Å². The van der Waals surface area contributed by atoms with E-state index in [1.165, 1.54) is 28.2 Å². The van der Waals surface area contributed by atoms with Crippen LogP contribution in [-0.2, 0) is 0 Å². The second kappa shape index (κ2) is 7.57. The molecule has 0 aliphatic rings. The fourth-order valence-electron chi connectivity index (χ4n) is 2.82. The molecule has 1 N–H and O–H groups in total. The van der Waals surface area contributed by atoms with Crippen molar-refractivity contribution in [2.24, 2.45) is 0 Å². The van der Waals surface area contributed by atoms with Gasteiger partial charge in [0.15, 0.2) is 16.0 Å². The van der Waals surface area contributed by atoms with Gasteiger partial charge >= 0.3 is 0 Å². The van der Waals surface area contributed by atoms with Crippen LogP contribution in [0.4, 0.5) is 5.13 Å². The summed E-state index contributed by atoms with van der Waals surface area (Å²) in [6, 6.07) is 7.99.